The molecule has 1 fully saturated rings. The molecular weight excluding hydrogens is 488 g/mol. The van der Waals surface area contributed by atoms with E-state index >= 15 is 0 Å². The quantitative estimate of drug-likeness (QED) is 0.224. The van der Waals surface area contributed by atoms with E-state index in [1.165, 1.54) is 24.3 Å². The molecule has 0 aromatic heterocycles. The molecule has 0 spiro atoms. The van der Waals surface area contributed by atoms with E-state index in [0.717, 1.165) is 22.7 Å². The Kier molecular flexibility index (Phi) is 6.83. The molecule has 1 aliphatic rings. The molecule has 1 heterocycles. The predicted molar refractivity (Wildman–Crippen MR) is 126 cm³/mol. The fourth-order valence-corrected chi connectivity index (χ4v) is 4.31. The van der Waals surface area contributed by atoms with Crippen LogP contribution in [0.15, 0.2) is 71.6 Å². The van der Waals surface area contributed by atoms with Gasteiger partial charge in [-0.15, -0.1) is 0 Å². The monoisotopic (exact) mass is 501 g/mol. The summed E-state index contributed by atoms with van der Waals surface area (Å²) < 4.78 is 18.7. The summed E-state index contributed by atoms with van der Waals surface area (Å²) in [5, 5.41) is 0.0817. The second kappa shape index (κ2) is 9.79. The van der Waals surface area contributed by atoms with Gasteiger partial charge in [-0.3, -0.25) is 14.5 Å². The van der Waals surface area contributed by atoms with Gasteiger partial charge < -0.3 is 4.74 Å². The predicted octanol–water partition coefficient (Wildman–Crippen LogP) is 6.59. The molecule has 0 unspecified atom stereocenters. The Morgan fingerprint density at radius 3 is 2.58 bits per heavy atom. The maximum Gasteiger partial charge on any atom is 0.343 e. The van der Waals surface area contributed by atoms with Crippen molar-refractivity contribution in [2.75, 3.05) is 0 Å². The number of rotatable bonds is 5. The van der Waals surface area contributed by atoms with Crippen LogP contribution in [-0.2, 0) is 11.3 Å². The van der Waals surface area contributed by atoms with Crippen LogP contribution in [-0.4, -0.2) is 22.0 Å². The van der Waals surface area contributed by atoms with Gasteiger partial charge in [0, 0.05) is 10.0 Å². The Balaban J connectivity index is 1.50. The topological polar surface area (TPSA) is 63.7 Å². The molecule has 5 nitrogen and oxygen atoms in total. The van der Waals surface area contributed by atoms with E-state index in [1.54, 1.807) is 42.5 Å². The van der Waals surface area contributed by atoms with E-state index < -0.39 is 22.9 Å². The molecule has 3 aromatic rings. The van der Waals surface area contributed by atoms with Crippen molar-refractivity contribution in [2.45, 2.75) is 6.54 Å². The Labute approximate surface area is 202 Å². The molecule has 1 saturated heterocycles. The number of halogens is 3. The van der Waals surface area contributed by atoms with Crippen LogP contribution in [0.3, 0.4) is 0 Å². The summed E-state index contributed by atoms with van der Waals surface area (Å²) in [6.45, 7) is -0.0710. The minimum Gasteiger partial charge on any atom is -0.423 e. The molecular formula is C24H14Cl2FNO4S. The van der Waals surface area contributed by atoms with E-state index in [1.807, 2.05) is 0 Å². The first-order valence-electron chi connectivity index (χ1n) is 9.57. The number of ether oxygens (including phenoxy) is 1. The lowest BCUT2D eigenvalue weighted by atomic mass is 10.2. The molecule has 0 N–H and O–H groups in total. The summed E-state index contributed by atoms with van der Waals surface area (Å²) in [6.07, 6.45) is 1.54. The highest BCUT2D eigenvalue weighted by atomic mass is 35.5. The Morgan fingerprint density at radius 2 is 1.82 bits per heavy atom. The van der Waals surface area contributed by atoms with Crippen LogP contribution < -0.4 is 4.74 Å². The number of thioether (sulfide) groups is 1. The summed E-state index contributed by atoms with van der Waals surface area (Å²) in [6, 6.07) is 16.7. The maximum absolute atomic E-state index is 13.3. The lowest BCUT2D eigenvalue weighted by Crippen LogP contribution is -2.27. The Hall–Kier alpha value is -3.13. The summed E-state index contributed by atoms with van der Waals surface area (Å²) in [7, 11) is 0. The molecule has 9 heteroatoms. The van der Waals surface area contributed by atoms with E-state index in [4.69, 9.17) is 27.9 Å². The molecule has 0 bridgehead atoms. The molecule has 1 aliphatic heterocycles. The van der Waals surface area contributed by atoms with Crippen molar-refractivity contribution in [3.63, 3.8) is 0 Å². The van der Waals surface area contributed by atoms with Gasteiger partial charge in [-0.1, -0.05) is 47.5 Å². The van der Waals surface area contributed by atoms with E-state index in [9.17, 15) is 18.8 Å². The van der Waals surface area contributed by atoms with Gasteiger partial charge in [0.1, 0.15) is 11.6 Å². The Bertz CT molecular complexity index is 1310. The molecule has 0 radical (unpaired) electrons. The molecule has 3 aromatic carbocycles. The van der Waals surface area contributed by atoms with Crippen molar-refractivity contribution in [1.29, 1.82) is 0 Å². The molecule has 166 valence electrons. The van der Waals surface area contributed by atoms with Crippen molar-refractivity contribution in [1.82, 2.24) is 4.90 Å². The zero-order chi connectivity index (χ0) is 23.5. The minimum absolute atomic E-state index is 0.0710. The zero-order valence-electron chi connectivity index (χ0n) is 16.8. The lowest BCUT2D eigenvalue weighted by molar-refractivity contribution is -0.123. The van der Waals surface area contributed by atoms with Gasteiger partial charge in [0.15, 0.2) is 0 Å². The van der Waals surface area contributed by atoms with Crippen LogP contribution >= 0.6 is 35.0 Å². The summed E-state index contributed by atoms with van der Waals surface area (Å²) >= 11 is 12.7. The zero-order valence-corrected chi connectivity index (χ0v) is 19.1. The number of benzene rings is 3. The SMILES string of the molecule is O=C(Oc1cccc(/C=C2\SC(=O)N(Cc3ccc(F)cc3Cl)C2=O)c1)c1cccc(Cl)c1. The molecule has 2 amide bonds. The van der Waals surface area contributed by atoms with Crippen LogP contribution in [0, 0.1) is 5.82 Å². The average molecular weight is 502 g/mol. The number of amides is 2. The van der Waals surface area contributed by atoms with Crippen molar-refractivity contribution >= 4 is 58.2 Å². The van der Waals surface area contributed by atoms with E-state index in [2.05, 4.69) is 0 Å². The van der Waals surface area contributed by atoms with Gasteiger partial charge >= 0.3 is 5.97 Å². The third kappa shape index (κ3) is 5.45. The number of carbonyl (C=O) groups excluding carboxylic acids is 3. The maximum atomic E-state index is 13.3. The van der Waals surface area contributed by atoms with Crippen molar-refractivity contribution in [3.05, 3.63) is 104 Å². The molecule has 0 saturated carbocycles. The fourth-order valence-electron chi connectivity index (χ4n) is 3.06. The van der Waals surface area contributed by atoms with E-state index in [-0.39, 0.29) is 22.2 Å². The largest absolute Gasteiger partial charge is 0.423 e. The van der Waals surface area contributed by atoms with Gasteiger partial charge in [0.25, 0.3) is 11.1 Å². The second-order valence-electron chi connectivity index (χ2n) is 6.98. The Morgan fingerprint density at radius 1 is 1.03 bits per heavy atom. The molecule has 33 heavy (non-hydrogen) atoms. The third-order valence-corrected chi connectivity index (χ3v) is 6.14. The first-order chi connectivity index (χ1) is 15.8. The standard InChI is InChI=1S/C24H14Cl2FNO4S/c25-17-5-2-4-15(11-17)23(30)32-19-6-1-3-14(9-19)10-21-22(29)28(24(31)33-21)13-16-7-8-18(27)12-20(16)26/h1-12H,13H2/b21-10-. The summed E-state index contributed by atoms with van der Waals surface area (Å²) in [4.78, 5) is 38.8. The number of imide groups is 1. The van der Waals surface area contributed by atoms with Crippen molar-refractivity contribution in [2.24, 2.45) is 0 Å². The number of hydrogen-bond donors (Lipinski definition) is 0. The van der Waals surface area contributed by atoms with E-state index in [0.29, 0.717) is 21.7 Å². The second-order valence-corrected chi connectivity index (χ2v) is 8.81. The molecule has 4 rings (SSSR count). The number of carbonyl (C=O) groups is 3. The van der Waals surface area contributed by atoms with Crippen LogP contribution in [0.2, 0.25) is 10.0 Å². The summed E-state index contributed by atoms with van der Waals surface area (Å²) in [5.41, 5.74) is 1.32. The fraction of sp³-hybridized carbons (Fsp3) is 0.0417. The smallest absolute Gasteiger partial charge is 0.343 e. The highest BCUT2D eigenvalue weighted by molar-refractivity contribution is 8.18. The first-order valence-corrected chi connectivity index (χ1v) is 11.1. The van der Waals surface area contributed by atoms with Gasteiger partial charge in [-0.05, 0) is 71.4 Å². The van der Waals surface area contributed by atoms with Crippen LogP contribution in [0.1, 0.15) is 21.5 Å². The highest BCUT2D eigenvalue weighted by Gasteiger charge is 2.35. The molecule has 0 atom stereocenters. The highest BCUT2D eigenvalue weighted by Crippen LogP contribution is 2.34. The summed E-state index contributed by atoms with van der Waals surface area (Å²) in [5.74, 6) is -1.31. The van der Waals surface area contributed by atoms with Gasteiger partial charge in [0.05, 0.1) is 17.0 Å². The van der Waals surface area contributed by atoms with Gasteiger partial charge in [-0.25, -0.2) is 9.18 Å². The van der Waals surface area contributed by atoms with Gasteiger partial charge in [-0.2, -0.15) is 0 Å². The third-order valence-electron chi connectivity index (χ3n) is 4.64. The average Bonchev–Trinajstić information content (AvgIpc) is 3.03. The van der Waals surface area contributed by atoms with Crippen LogP contribution in [0.4, 0.5) is 9.18 Å². The molecule has 0 aliphatic carbocycles. The van der Waals surface area contributed by atoms with Crippen molar-refractivity contribution < 1.29 is 23.5 Å². The van der Waals surface area contributed by atoms with Crippen LogP contribution in [0.25, 0.3) is 6.08 Å². The number of esters is 1. The number of nitrogens with zero attached hydrogens (tertiary/aromatic N) is 1. The minimum atomic E-state index is -0.578. The van der Waals surface area contributed by atoms with Crippen LogP contribution in [0.5, 0.6) is 5.75 Å². The normalized spacial score (nSPS) is 14.8. The first kappa shape index (κ1) is 23.0. The van der Waals surface area contributed by atoms with Crippen molar-refractivity contribution in [3.8, 4) is 5.75 Å². The number of hydrogen-bond acceptors (Lipinski definition) is 5. The van der Waals surface area contributed by atoms with Gasteiger partial charge in [0.2, 0.25) is 0 Å². The lowest BCUT2D eigenvalue weighted by Gasteiger charge is -2.13.